The minimum atomic E-state index is -1.29. The standard InChI is InChI=1S/C22H21ClF2N4O2/c23-18-16(24)17-15(9-27-18)19(30-10-14-5-2-1-3-6-14)29-20(28-17)31-13-21-7-4-8-26-12-22(21,25)11-21/h1-3,5-6,9,26H,4,7-8,10-13H2. The van der Waals surface area contributed by atoms with Gasteiger partial charge in [0.2, 0.25) is 5.88 Å². The van der Waals surface area contributed by atoms with Crippen LogP contribution in [0.2, 0.25) is 5.15 Å². The fourth-order valence-corrected chi connectivity index (χ4v) is 4.38. The van der Waals surface area contributed by atoms with Crippen LogP contribution in [0.5, 0.6) is 11.9 Å². The van der Waals surface area contributed by atoms with Crippen LogP contribution in [0, 0.1) is 11.2 Å². The molecule has 2 fully saturated rings. The summed E-state index contributed by atoms with van der Waals surface area (Å²) in [5, 5.41) is 3.11. The first-order valence-electron chi connectivity index (χ1n) is 10.2. The number of fused-ring (bicyclic) bond motifs is 2. The molecule has 2 unspecified atom stereocenters. The number of hydrogen-bond donors (Lipinski definition) is 1. The van der Waals surface area contributed by atoms with Crippen LogP contribution >= 0.6 is 11.6 Å². The minimum absolute atomic E-state index is 0.0459. The number of ether oxygens (including phenoxy) is 2. The van der Waals surface area contributed by atoms with Gasteiger partial charge in [-0.3, -0.25) is 0 Å². The Labute approximate surface area is 183 Å². The smallest absolute Gasteiger partial charge is 0.320 e. The number of alkyl halides is 1. The van der Waals surface area contributed by atoms with E-state index in [0.717, 1.165) is 18.5 Å². The number of halogens is 3. The molecule has 1 aliphatic heterocycles. The van der Waals surface area contributed by atoms with Crippen molar-refractivity contribution in [1.82, 2.24) is 20.3 Å². The Morgan fingerprint density at radius 2 is 2.00 bits per heavy atom. The summed E-state index contributed by atoms with van der Waals surface area (Å²) in [4.78, 5) is 12.3. The Balaban J connectivity index is 1.43. The Hall–Kier alpha value is -2.58. The number of hydrogen-bond acceptors (Lipinski definition) is 6. The maximum atomic E-state index is 15.0. The van der Waals surface area contributed by atoms with Crippen molar-refractivity contribution in [2.24, 2.45) is 5.41 Å². The molecule has 31 heavy (non-hydrogen) atoms. The number of nitrogens with one attached hydrogen (secondary N) is 1. The molecule has 3 heterocycles. The highest BCUT2D eigenvalue weighted by atomic mass is 35.5. The summed E-state index contributed by atoms with van der Waals surface area (Å²) in [6, 6.07) is 9.44. The zero-order chi connectivity index (χ0) is 21.5. The van der Waals surface area contributed by atoms with Crippen LogP contribution in [0.25, 0.3) is 10.9 Å². The Morgan fingerprint density at radius 1 is 1.16 bits per heavy atom. The van der Waals surface area contributed by atoms with Gasteiger partial charge < -0.3 is 14.8 Å². The number of pyridine rings is 1. The molecular weight excluding hydrogens is 426 g/mol. The maximum absolute atomic E-state index is 15.0. The summed E-state index contributed by atoms with van der Waals surface area (Å²) in [5.41, 5.74) is -0.973. The van der Waals surface area contributed by atoms with Crippen LogP contribution < -0.4 is 14.8 Å². The zero-order valence-electron chi connectivity index (χ0n) is 16.7. The normalized spacial score (nSPS) is 25.0. The third kappa shape index (κ3) is 3.78. The van der Waals surface area contributed by atoms with E-state index >= 15 is 4.39 Å². The van der Waals surface area contributed by atoms with Gasteiger partial charge in [-0.25, -0.2) is 13.8 Å². The Bertz CT molecular complexity index is 1120. The number of aromatic nitrogens is 3. The molecule has 9 heteroatoms. The zero-order valence-corrected chi connectivity index (χ0v) is 17.5. The van der Waals surface area contributed by atoms with E-state index in [0.29, 0.717) is 19.4 Å². The maximum Gasteiger partial charge on any atom is 0.320 e. The van der Waals surface area contributed by atoms with Crippen molar-refractivity contribution in [3.8, 4) is 11.9 Å². The first-order chi connectivity index (χ1) is 15.0. The van der Waals surface area contributed by atoms with Gasteiger partial charge in [-0.2, -0.15) is 9.97 Å². The largest absolute Gasteiger partial charge is 0.472 e. The highest BCUT2D eigenvalue weighted by Crippen LogP contribution is 2.62. The fraction of sp³-hybridized carbons (Fsp3) is 0.409. The lowest BCUT2D eigenvalue weighted by Gasteiger charge is -2.18. The first-order valence-corrected chi connectivity index (χ1v) is 10.6. The van der Waals surface area contributed by atoms with Crippen molar-refractivity contribution < 1.29 is 18.3 Å². The van der Waals surface area contributed by atoms with Crippen LogP contribution in [0.15, 0.2) is 36.5 Å². The van der Waals surface area contributed by atoms with Crippen molar-refractivity contribution in [1.29, 1.82) is 0 Å². The van der Waals surface area contributed by atoms with Crippen molar-refractivity contribution in [3.63, 3.8) is 0 Å². The van der Waals surface area contributed by atoms with Crippen molar-refractivity contribution >= 4 is 22.5 Å². The molecule has 0 amide bonds. The van der Waals surface area contributed by atoms with Crippen LogP contribution in [0.3, 0.4) is 0 Å². The monoisotopic (exact) mass is 446 g/mol. The molecule has 0 spiro atoms. The van der Waals surface area contributed by atoms with E-state index in [4.69, 9.17) is 21.1 Å². The van der Waals surface area contributed by atoms with Crippen LogP contribution in [0.4, 0.5) is 8.78 Å². The number of rotatable bonds is 6. The molecule has 1 saturated heterocycles. The number of benzene rings is 1. The van der Waals surface area contributed by atoms with Gasteiger partial charge >= 0.3 is 6.01 Å². The summed E-state index contributed by atoms with van der Waals surface area (Å²) >= 11 is 5.84. The van der Waals surface area contributed by atoms with Gasteiger partial charge in [0.1, 0.15) is 24.4 Å². The SMILES string of the molecule is Fc1c(Cl)ncc2c(OCc3ccccc3)nc(OCC34CCCNCC3(F)C4)nc12. The second-order valence-electron chi connectivity index (χ2n) is 8.20. The van der Waals surface area contributed by atoms with Crippen LogP contribution in [-0.4, -0.2) is 40.3 Å². The third-order valence-corrected chi connectivity index (χ3v) is 6.40. The molecule has 0 bridgehead atoms. The average Bonchev–Trinajstić information content (AvgIpc) is 3.40. The lowest BCUT2D eigenvalue weighted by molar-refractivity contribution is 0.143. The van der Waals surface area contributed by atoms with Gasteiger partial charge in [0.15, 0.2) is 11.0 Å². The predicted molar refractivity (Wildman–Crippen MR) is 112 cm³/mol. The first kappa shape index (κ1) is 20.3. The summed E-state index contributed by atoms with van der Waals surface area (Å²) in [5.74, 6) is -0.645. The van der Waals surface area contributed by atoms with E-state index in [1.165, 1.54) is 6.20 Å². The summed E-state index contributed by atoms with van der Waals surface area (Å²) in [7, 11) is 0. The highest BCUT2D eigenvalue weighted by molar-refractivity contribution is 6.30. The fourth-order valence-electron chi connectivity index (χ4n) is 4.24. The van der Waals surface area contributed by atoms with E-state index in [-0.39, 0.29) is 41.2 Å². The van der Waals surface area contributed by atoms with Crippen LogP contribution in [0.1, 0.15) is 24.8 Å². The molecule has 2 aliphatic rings. The average molecular weight is 447 g/mol. The summed E-state index contributed by atoms with van der Waals surface area (Å²) in [6.45, 7) is 1.44. The molecule has 0 radical (unpaired) electrons. The molecule has 1 aliphatic carbocycles. The van der Waals surface area contributed by atoms with E-state index in [1.807, 2.05) is 30.3 Å². The van der Waals surface area contributed by atoms with E-state index in [9.17, 15) is 4.39 Å². The van der Waals surface area contributed by atoms with Gasteiger partial charge in [0.25, 0.3) is 0 Å². The van der Waals surface area contributed by atoms with Gasteiger partial charge in [0, 0.05) is 18.2 Å². The molecule has 1 aromatic carbocycles. The predicted octanol–water partition coefficient (Wildman–Crippen LogP) is 4.26. The van der Waals surface area contributed by atoms with Crippen LogP contribution in [-0.2, 0) is 6.61 Å². The molecule has 2 atom stereocenters. The molecule has 2 aromatic heterocycles. The minimum Gasteiger partial charge on any atom is -0.472 e. The molecule has 162 valence electrons. The molecule has 1 saturated carbocycles. The van der Waals surface area contributed by atoms with Crippen molar-refractivity contribution in [2.75, 3.05) is 19.7 Å². The molecular formula is C22H21ClF2N4O2. The topological polar surface area (TPSA) is 69.2 Å². The Kier molecular flexibility index (Phi) is 5.14. The number of nitrogens with zero attached hydrogens (tertiary/aromatic N) is 3. The second kappa shape index (κ2) is 7.84. The van der Waals surface area contributed by atoms with Crippen molar-refractivity contribution in [3.05, 3.63) is 53.1 Å². The molecule has 5 rings (SSSR count). The lowest BCUT2D eigenvalue weighted by Crippen LogP contribution is -2.29. The van der Waals surface area contributed by atoms with Gasteiger partial charge in [0.05, 0.1) is 5.39 Å². The quantitative estimate of drug-likeness (QED) is 0.571. The van der Waals surface area contributed by atoms with E-state index in [1.54, 1.807) is 0 Å². The van der Waals surface area contributed by atoms with Gasteiger partial charge in [-0.05, 0) is 31.4 Å². The van der Waals surface area contributed by atoms with Gasteiger partial charge in [-0.1, -0.05) is 41.9 Å². The van der Waals surface area contributed by atoms with E-state index < -0.39 is 16.9 Å². The third-order valence-electron chi connectivity index (χ3n) is 6.14. The molecule has 1 N–H and O–H groups in total. The van der Waals surface area contributed by atoms with Gasteiger partial charge in [-0.15, -0.1) is 0 Å². The second-order valence-corrected chi connectivity index (χ2v) is 8.56. The summed E-state index contributed by atoms with van der Waals surface area (Å²) < 4.78 is 41.3. The van der Waals surface area contributed by atoms with E-state index in [2.05, 4.69) is 20.3 Å². The highest BCUT2D eigenvalue weighted by Gasteiger charge is 2.69. The Morgan fingerprint density at radius 3 is 2.84 bits per heavy atom. The lowest BCUT2D eigenvalue weighted by atomic mass is 9.98. The molecule has 6 nitrogen and oxygen atoms in total. The summed E-state index contributed by atoms with van der Waals surface area (Å²) in [6.07, 6.45) is 3.39. The molecule has 3 aromatic rings. The van der Waals surface area contributed by atoms with Crippen molar-refractivity contribution in [2.45, 2.75) is 31.5 Å².